The lowest BCUT2D eigenvalue weighted by Gasteiger charge is -2.15. The smallest absolute Gasteiger partial charge is 0.248 e. The summed E-state index contributed by atoms with van der Waals surface area (Å²) in [6, 6.07) is 9.67. The van der Waals surface area contributed by atoms with Gasteiger partial charge in [0.2, 0.25) is 15.6 Å². The Bertz CT molecular complexity index is 748. The predicted molar refractivity (Wildman–Crippen MR) is 73.4 cm³/mol. The molecule has 0 amide bonds. The zero-order valence-corrected chi connectivity index (χ0v) is 11.4. The second kappa shape index (κ2) is 4.99. The van der Waals surface area contributed by atoms with Crippen LogP contribution in [0.4, 0.5) is 0 Å². The van der Waals surface area contributed by atoms with Crippen molar-refractivity contribution >= 4 is 10.0 Å². The van der Waals surface area contributed by atoms with Crippen molar-refractivity contribution in [1.82, 2.24) is 9.29 Å². The third kappa shape index (κ3) is 2.59. The van der Waals surface area contributed by atoms with Crippen molar-refractivity contribution in [3.05, 3.63) is 52.9 Å². The van der Waals surface area contributed by atoms with Crippen molar-refractivity contribution in [1.29, 1.82) is 0 Å². The second-order valence-electron chi connectivity index (χ2n) is 4.23. The minimum atomic E-state index is -3.55. The molecule has 0 spiro atoms. The van der Waals surface area contributed by atoms with Crippen LogP contribution in [0, 0.1) is 0 Å². The maximum atomic E-state index is 12.3. The van der Waals surface area contributed by atoms with Gasteiger partial charge in [0.1, 0.15) is 0 Å². The molecule has 0 saturated carbocycles. The summed E-state index contributed by atoms with van der Waals surface area (Å²) in [6.07, 6.45) is 1.50. The summed E-state index contributed by atoms with van der Waals surface area (Å²) < 4.78 is 25.7. The van der Waals surface area contributed by atoms with Gasteiger partial charge in [-0.2, -0.15) is 0 Å². The minimum Gasteiger partial charge on any atom is -0.329 e. The summed E-state index contributed by atoms with van der Waals surface area (Å²) in [5, 5.41) is 0. The zero-order valence-electron chi connectivity index (χ0n) is 10.6. The molecule has 1 heterocycles. The fourth-order valence-corrected chi connectivity index (χ4v) is 2.85. The van der Waals surface area contributed by atoms with Crippen LogP contribution in [0.15, 0.2) is 52.3 Å². The minimum absolute atomic E-state index is 0.186. The quantitative estimate of drug-likeness (QED) is 0.919. The first-order chi connectivity index (χ1) is 8.93. The van der Waals surface area contributed by atoms with Gasteiger partial charge >= 0.3 is 0 Å². The molecule has 0 aliphatic carbocycles. The molecule has 1 aromatic heterocycles. The van der Waals surface area contributed by atoms with Crippen molar-refractivity contribution in [2.45, 2.75) is 4.90 Å². The summed E-state index contributed by atoms with van der Waals surface area (Å²) in [7, 11) is -0.595. The van der Waals surface area contributed by atoms with Gasteiger partial charge < -0.3 is 4.98 Å². The van der Waals surface area contributed by atoms with Crippen LogP contribution in [0.5, 0.6) is 0 Å². The Kier molecular flexibility index (Phi) is 3.55. The second-order valence-corrected chi connectivity index (χ2v) is 6.35. The number of aromatic nitrogens is 1. The number of benzene rings is 1. The maximum Gasteiger partial charge on any atom is 0.248 e. The molecule has 0 aliphatic heterocycles. The highest BCUT2D eigenvalue weighted by Gasteiger charge is 2.21. The Morgan fingerprint density at radius 1 is 1.11 bits per heavy atom. The highest BCUT2D eigenvalue weighted by atomic mass is 32.2. The van der Waals surface area contributed by atoms with E-state index < -0.39 is 10.0 Å². The van der Waals surface area contributed by atoms with Gasteiger partial charge in [0.05, 0.1) is 4.90 Å². The monoisotopic (exact) mass is 278 g/mol. The average molecular weight is 278 g/mol. The van der Waals surface area contributed by atoms with Crippen molar-refractivity contribution in [2.24, 2.45) is 0 Å². The van der Waals surface area contributed by atoms with E-state index >= 15 is 0 Å². The van der Waals surface area contributed by atoms with Gasteiger partial charge in [0, 0.05) is 31.9 Å². The fourth-order valence-electron chi connectivity index (χ4n) is 1.74. The molecule has 0 saturated heterocycles. The van der Waals surface area contributed by atoms with E-state index in [-0.39, 0.29) is 10.5 Å². The third-order valence-electron chi connectivity index (χ3n) is 2.73. The molecule has 0 atom stereocenters. The van der Waals surface area contributed by atoms with Crippen molar-refractivity contribution in [3.63, 3.8) is 0 Å². The summed E-state index contributed by atoms with van der Waals surface area (Å²) in [5.74, 6) is 0. The first-order valence-corrected chi connectivity index (χ1v) is 7.07. The molecule has 2 rings (SSSR count). The molecule has 5 nitrogen and oxygen atoms in total. The van der Waals surface area contributed by atoms with Gasteiger partial charge in [0.25, 0.3) is 0 Å². The Hall–Kier alpha value is -1.92. The van der Waals surface area contributed by atoms with Crippen LogP contribution in [-0.4, -0.2) is 31.8 Å². The zero-order chi connectivity index (χ0) is 14.0. The molecular weight excluding hydrogens is 264 g/mol. The van der Waals surface area contributed by atoms with Crippen LogP contribution < -0.4 is 5.56 Å². The van der Waals surface area contributed by atoms with Crippen molar-refractivity contribution in [2.75, 3.05) is 14.1 Å². The normalized spacial score (nSPS) is 11.7. The molecule has 0 fully saturated rings. The van der Waals surface area contributed by atoms with E-state index in [2.05, 4.69) is 4.98 Å². The van der Waals surface area contributed by atoms with Crippen LogP contribution >= 0.6 is 0 Å². The van der Waals surface area contributed by atoms with Crippen LogP contribution in [-0.2, 0) is 10.0 Å². The van der Waals surface area contributed by atoms with Crippen LogP contribution in [0.1, 0.15) is 0 Å². The highest BCUT2D eigenvalue weighted by molar-refractivity contribution is 7.89. The molecule has 1 aromatic carbocycles. The van der Waals surface area contributed by atoms with E-state index in [0.29, 0.717) is 11.1 Å². The van der Waals surface area contributed by atoms with E-state index in [9.17, 15) is 13.2 Å². The van der Waals surface area contributed by atoms with E-state index in [1.54, 1.807) is 24.3 Å². The van der Waals surface area contributed by atoms with Crippen LogP contribution in [0.2, 0.25) is 0 Å². The Labute approximate surface area is 111 Å². The number of pyridine rings is 1. The van der Waals surface area contributed by atoms with Crippen molar-refractivity contribution < 1.29 is 8.42 Å². The van der Waals surface area contributed by atoms with E-state index in [4.69, 9.17) is 0 Å². The number of nitrogens with one attached hydrogen (secondary N) is 1. The molecule has 2 aromatic rings. The SMILES string of the molecule is CN(C)S(=O)(=O)c1ccccc1-c1cc[nH]c(=O)c1. The van der Waals surface area contributed by atoms with Gasteiger partial charge in [-0.05, 0) is 17.7 Å². The lowest BCUT2D eigenvalue weighted by molar-refractivity contribution is 0.521. The summed E-state index contributed by atoms with van der Waals surface area (Å²) >= 11 is 0. The average Bonchev–Trinajstić information content (AvgIpc) is 2.38. The van der Waals surface area contributed by atoms with E-state index in [1.807, 2.05) is 0 Å². The predicted octanol–water partition coefficient (Wildman–Crippen LogP) is 1.29. The number of nitrogens with zero attached hydrogens (tertiary/aromatic N) is 1. The third-order valence-corrected chi connectivity index (χ3v) is 4.61. The highest BCUT2D eigenvalue weighted by Crippen LogP contribution is 2.27. The fraction of sp³-hybridized carbons (Fsp3) is 0.154. The van der Waals surface area contributed by atoms with Gasteiger partial charge in [-0.25, -0.2) is 12.7 Å². The topological polar surface area (TPSA) is 70.2 Å². The van der Waals surface area contributed by atoms with Gasteiger partial charge in [-0.3, -0.25) is 4.79 Å². The Morgan fingerprint density at radius 3 is 2.42 bits per heavy atom. The van der Waals surface area contributed by atoms with Gasteiger partial charge in [-0.15, -0.1) is 0 Å². The first-order valence-electron chi connectivity index (χ1n) is 5.63. The molecule has 0 bridgehead atoms. The Morgan fingerprint density at radius 2 is 1.79 bits per heavy atom. The lowest BCUT2D eigenvalue weighted by atomic mass is 10.1. The largest absolute Gasteiger partial charge is 0.329 e. The van der Waals surface area contributed by atoms with E-state index in [0.717, 1.165) is 4.31 Å². The molecule has 6 heteroatoms. The molecule has 0 unspecified atom stereocenters. The number of sulfonamides is 1. The molecule has 0 aliphatic rings. The molecule has 100 valence electrons. The van der Waals surface area contributed by atoms with Crippen molar-refractivity contribution in [3.8, 4) is 11.1 Å². The first kappa shape index (κ1) is 13.5. The number of H-pyrrole nitrogens is 1. The number of aromatic amines is 1. The van der Waals surface area contributed by atoms with Crippen LogP contribution in [0.25, 0.3) is 11.1 Å². The van der Waals surface area contributed by atoms with Crippen LogP contribution in [0.3, 0.4) is 0 Å². The standard InChI is InChI=1S/C13H14N2O3S/c1-15(2)19(17,18)12-6-4-3-5-11(12)10-7-8-14-13(16)9-10/h3-9H,1-2H3,(H,14,16). The molecule has 1 N–H and O–H groups in total. The van der Waals surface area contributed by atoms with E-state index in [1.165, 1.54) is 32.4 Å². The molecule has 19 heavy (non-hydrogen) atoms. The molecular formula is C13H14N2O3S. The summed E-state index contributed by atoms with van der Waals surface area (Å²) in [6.45, 7) is 0. The molecule has 0 radical (unpaired) electrons. The summed E-state index contributed by atoms with van der Waals surface area (Å²) in [5.41, 5.74) is 0.821. The number of hydrogen-bond acceptors (Lipinski definition) is 3. The van der Waals surface area contributed by atoms with Gasteiger partial charge in [-0.1, -0.05) is 18.2 Å². The number of rotatable bonds is 3. The van der Waals surface area contributed by atoms with Gasteiger partial charge in [0.15, 0.2) is 0 Å². The summed E-state index contributed by atoms with van der Waals surface area (Å²) in [4.78, 5) is 14.0. The number of hydrogen-bond donors (Lipinski definition) is 1. The Balaban J connectivity index is 2.71. The lowest BCUT2D eigenvalue weighted by Crippen LogP contribution is -2.22. The maximum absolute atomic E-state index is 12.3.